The fraction of sp³-hybridized carbons (Fsp3) is 0.375. The van der Waals surface area contributed by atoms with Crippen LogP contribution in [0.3, 0.4) is 0 Å². The predicted octanol–water partition coefficient (Wildman–Crippen LogP) is 4.33. The highest BCUT2D eigenvalue weighted by Crippen LogP contribution is 2.33. The summed E-state index contributed by atoms with van der Waals surface area (Å²) >= 11 is 0. The number of rotatable bonds is 3. The normalized spacial score (nSPS) is 15.6. The van der Waals surface area contributed by atoms with Crippen LogP contribution >= 0.6 is 0 Å². The Morgan fingerprint density at radius 2 is 1.95 bits per heavy atom. The van der Waals surface area contributed by atoms with E-state index in [2.05, 4.69) is 10.5 Å². The van der Waals surface area contributed by atoms with E-state index in [1.54, 1.807) is 30.3 Å². The second kappa shape index (κ2) is 6.43. The van der Waals surface area contributed by atoms with Crippen molar-refractivity contribution >= 4 is 11.9 Å². The van der Waals surface area contributed by atoms with Crippen molar-refractivity contribution in [3.8, 4) is 5.75 Å². The minimum atomic E-state index is -0.565. The number of anilines is 1. The van der Waals surface area contributed by atoms with Gasteiger partial charge < -0.3 is 9.26 Å². The highest BCUT2D eigenvalue weighted by Gasteiger charge is 2.20. The van der Waals surface area contributed by atoms with Crippen molar-refractivity contribution in [2.75, 3.05) is 5.32 Å². The van der Waals surface area contributed by atoms with E-state index in [-0.39, 0.29) is 0 Å². The van der Waals surface area contributed by atoms with E-state index in [4.69, 9.17) is 9.26 Å². The highest BCUT2D eigenvalue weighted by molar-refractivity contribution is 5.85. The standard InChI is InChI=1S/C16H18N2O3/c19-16(20-13-9-5-2-6-10-13)17-15-11-14(21-18-15)12-7-3-1-4-8-12/h2,5-6,9-12H,1,3-4,7-8H2,(H,17,18,19). The number of benzene rings is 1. The van der Waals surface area contributed by atoms with E-state index in [1.165, 1.54) is 19.3 Å². The fourth-order valence-corrected chi connectivity index (χ4v) is 2.65. The Kier molecular flexibility index (Phi) is 4.19. The van der Waals surface area contributed by atoms with Crippen LogP contribution in [-0.4, -0.2) is 11.2 Å². The number of carbonyl (C=O) groups excluding carboxylic acids is 1. The SMILES string of the molecule is O=C(Nc1cc(C2CCCCC2)on1)Oc1ccccc1. The van der Waals surface area contributed by atoms with Crippen LogP contribution in [0.1, 0.15) is 43.8 Å². The number of nitrogens with one attached hydrogen (secondary N) is 1. The lowest BCUT2D eigenvalue weighted by Gasteiger charge is -2.18. The van der Waals surface area contributed by atoms with Gasteiger partial charge in [0.25, 0.3) is 0 Å². The second-order valence-electron chi connectivity index (χ2n) is 5.28. The molecule has 5 nitrogen and oxygen atoms in total. The minimum absolute atomic E-state index is 0.400. The van der Waals surface area contributed by atoms with Gasteiger partial charge in [0.2, 0.25) is 0 Å². The van der Waals surface area contributed by atoms with Gasteiger partial charge in [0, 0.05) is 12.0 Å². The Balaban J connectivity index is 1.57. The summed E-state index contributed by atoms with van der Waals surface area (Å²) < 4.78 is 10.5. The number of ether oxygens (including phenoxy) is 1. The summed E-state index contributed by atoms with van der Waals surface area (Å²) in [5.74, 6) is 2.17. The maximum absolute atomic E-state index is 11.8. The molecule has 0 aliphatic heterocycles. The molecule has 110 valence electrons. The van der Waals surface area contributed by atoms with Crippen molar-refractivity contribution in [1.82, 2.24) is 5.16 Å². The molecule has 5 heteroatoms. The van der Waals surface area contributed by atoms with E-state index in [0.29, 0.717) is 17.5 Å². The third-order valence-corrected chi connectivity index (χ3v) is 3.72. The number of para-hydroxylation sites is 1. The first-order valence-corrected chi connectivity index (χ1v) is 7.32. The Labute approximate surface area is 123 Å². The largest absolute Gasteiger partial charge is 0.418 e. The van der Waals surface area contributed by atoms with E-state index >= 15 is 0 Å². The molecule has 1 aliphatic rings. The predicted molar refractivity (Wildman–Crippen MR) is 78.4 cm³/mol. The Hall–Kier alpha value is -2.30. The first kappa shape index (κ1) is 13.7. The first-order valence-electron chi connectivity index (χ1n) is 7.32. The van der Waals surface area contributed by atoms with Gasteiger partial charge in [-0.1, -0.05) is 42.6 Å². The van der Waals surface area contributed by atoms with Crippen molar-refractivity contribution in [3.63, 3.8) is 0 Å². The van der Waals surface area contributed by atoms with E-state index in [0.717, 1.165) is 18.6 Å². The first-order chi connectivity index (χ1) is 10.3. The number of amides is 1. The van der Waals surface area contributed by atoms with Crippen molar-refractivity contribution in [2.24, 2.45) is 0 Å². The number of hydrogen-bond acceptors (Lipinski definition) is 4. The summed E-state index contributed by atoms with van der Waals surface area (Å²) in [6, 6.07) is 10.7. The molecule has 3 rings (SSSR count). The van der Waals surface area contributed by atoms with Crippen LogP contribution in [0.25, 0.3) is 0 Å². The molecule has 1 aromatic carbocycles. The Morgan fingerprint density at radius 3 is 2.71 bits per heavy atom. The lowest BCUT2D eigenvalue weighted by Crippen LogP contribution is -2.16. The van der Waals surface area contributed by atoms with Gasteiger partial charge in [-0.05, 0) is 25.0 Å². The molecule has 1 amide bonds. The van der Waals surface area contributed by atoms with Gasteiger partial charge in [0.15, 0.2) is 5.82 Å². The second-order valence-corrected chi connectivity index (χ2v) is 5.28. The molecule has 2 aromatic rings. The highest BCUT2D eigenvalue weighted by atomic mass is 16.6. The van der Waals surface area contributed by atoms with E-state index < -0.39 is 6.09 Å². The van der Waals surface area contributed by atoms with Crippen molar-refractivity contribution < 1.29 is 14.1 Å². The molecule has 1 fully saturated rings. The molecule has 0 atom stereocenters. The lowest BCUT2D eigenvalue weighted by atomic mass is 9.87. The van der Waals surface area contributed by atoms with Crippen LogP contribution < -0.4 is 10.1 Å². The van der Waals surface area contributed by atoms with Gasteiger partial charge in [-0.3, -0.25) is 5.32 Å². The zero-order valence-electron chi connectivity index (χ0n) is 11.7. The molecule has 1 saturated carbocycles. The van der Waals surface area contributed by atoms with Crippen molar-refractivity contribution in [1.29, 1.82) is 0 Å². The number of carbonyl (C=O) groups is 1. The molecule has 1 N–H and O–H groups in total. The number of hydrogen-bond donors (Lipinski definition) is 1. The van der Waals surface area contributed by atoms with Crippen LogP contribution in [0.2, 0.25) is 0 Å². The molecule has 0 spiro atoms. The minimum Gasteiger partial charge on any atom is -0.410 e. The molecular formula is C16H18N2O3. The molecule has 0 radical (unpaired) electrons. The van der Waals surface area contributed by atoms with Crippen LogP contribution in [0, 0.1) is 0 Å². The Morgan fingerprint density at radius 1 is 1.19 bits per heavy atom. The summed E-state index contributed by atoms with van der Waals surface area (Å²) in [6.07, 6.45) is 5.43. The summed E-state index contributed by atoms with van der Waals surface area (Å²) in [4.78, 5) is 11.8. The molecule has 0 bridgehead atoms. The van der Waals surface area contributed by atoms with E-state index in [1.807, 2.05) is 6.07 Å². The quantitative estimate of drug-likeness (QED) is 0.911. The van der Waals surface area contributed by atoms with Gasteiger partial charge >= 0.3 is 6.09 Å². The zero-order valence-corrected chi connectivity index (χ0v) is 11.7. The van der Waals surface area contributed by atoms with Gasteiger partial charge in [0.1, 0.15) is 11.5 Å². The third-order valence-electron chi connectivity index (χ3n) is 3.72. The van der Waals surface area contributed by atoms with Gasteiger partial charge in [0.05, 0.1) is 0 Å². The molecule has 0 unspecified atom stereocenters. The maximum Gasteiger partial charge on any atom is 0.418 e. The third kappa shape index (κ3) is 3.62. The van der Waals surface area contributed by atoms with Crippen molar-refractivity contribution in [3.05, 3.63) is 42.2 Å². The zero-order chi connectivity index (χ0) is 14.5. The average molecular weight is 286 g/mol. The van der Waals surface area contributed by atoms with E-state index in [9.17, 15) is 4.79 Å². The van der Waals surface area contributed by atoms with Crippen LogP contribution in [0.4, 0.5) is 10.6 Å². The monoisotopic (exact) mass is 286 g/mol. The number of nitrogens with zero attached hydrogens (tertiary/aromatic N) is 1. The average Bonchev–Trinajstić information content (AvgIpc) is 2.97. The van der Waals surface area contributed by atoms with Gasteiger partial charge in [-0.25, -0.2) is 4.79 Å². The summed E-state index contributed by atoms with van der Waals surface area (Å²) in [5.41, 5.74) is 0. The molecule has 21 heavy (non-hydrogen) atoms. The molecule has 1 aromatic heterocycles. The van der Waals surface area contributed by atoms with Crippen LogP contribution in [0.5, 0.6) is 5.75 Å². The smallest absolute Gasteiger partial charge is 0.410 e. The Bertz CT molecular complexity index is 589. The molecular weight excluding hydrogens is 268 g/mol. The summed E-state index contributed by atoms with van der Waals surface area (Å²) in [6.45, 7) is 0. The van der Waals surface area contributed by atoms with Crippen LogP contribution in [-0.2, 0) is 0 Å². The molecule has 1 aliphatic carbocycles. The fourth-order valence-electron chi connectivity index (χ4n) is 2.65. The topological polar surface area (TPSA) is 64.4 Å². The van der Waals surface area contributed by atoms with Gasteiger partial charge in [-0.2, -0.15) is 0 Å². The summed E-state index contributed by atoms with van der Waals surface area (Å²) in [7, 11) is 0. The van der Waals surface area contributed by atoms with Crippen LogP contribution in [0.15, 0.2) is 40.9 Å². The van der Waals surface area contributed by atoms with Crippen molar-refractivity contribution in [2.45, 2.75) is 38.0 Å². The molecule has 1 heterocycles. The lowest BCUT2D eigenvalue weighted by molar-refractivity contribution is 0.215. The number of aromatic nitrogens is 1. The molecule has 0 saturated heterocycles. The van der Waals surface area contributed by atoms with Gasteiger partial charge in [-0.15, -0.1) is 0 Å². The summed E-state index contributed by atoms with van der Waals surface area (Å²) in [5, 5.41) is 6.47. The maximum atomic E-state index is 11.8.